The number of ketones is 1. The Balaban J connectivity index is 3.17. The van der Waals surface area contributed by atoms with Gasteiger partial charge in [0.05, 0.1) is 17.6 Å². The summed E-state index contributed by atoms with van der Waals surface area (Å²) in [4.78, 5) is 23.8. The molecule has 0 bridgehead atoms. The van der Waals surface area contributed by atoms with Gasteiger partial charge in [0.25, 0.3) is 0 Å². The summed E-state index contributed by atoms with van der Waals surface area (Å²) in [6, 6.07) is 3.16. The largest absolute Gasteiger partial charge is 0.493 e. The zero-order valence-electron chi connectivity index (χ0n) is 12.4. The second kappa shape index (κ2) is 6.93. The normalized spacial score (nSPS) is 13.5. The van der Waals surface area contributed by atoms with Gasteiger partial charge in [0.1, 0.15) is 5.75 Å². The molecule has 0 aromatic heterocycles. The molecule has 0 aliphatic carbocycles. The average molecular weight is 358 g/mol. The van der Waals surface area contributed by atoms with Crippen molar-refractivity contribution >= 4 is 33.4 Å². The number of ether oxygens (including phenoxy) is 1. The molecule has 0 spiro atoms. The second-order valence-corrected chi connectivity index (χ2v) is 5.98. The molecule has 1 rings (SSSR count). The summed E-state index contributed by atoms with van der Waals surface area (Å²) in [6.07, 6.45) is 0.281. The van der Waals surface area contributed by atoms with E-state index in [0.29, 0.717) is 34.5 Å². The first-order valence-electron chi connectivity index (χ1n) is 6.73. The third-order valence-electron chi connectivity index (χ3n) is 3.55. The molecule has 3 N–H and O–H groups in total. The molecule has 0 aliphatic heterocycles. The highest BCUT2D eigenvalue weighted by Crippen LogP contribution is 2.34. The number of aliphatic carboxylic acids is 1. The van der Waals surface area contributed by atoms with Crippen molar-refractivity contribution in [1.29, 1.82) is 0 Å². The number of Topliss-reactive ketones (excluding diaryl/α,β-unsaturated/α-hetero) is 1. The number of benzene rings is 1. The SMILES string of the molecule is CCOc1cc(N)c(Br)cc1C(=O)C[C@@](C)(CC)C(=O)O. The van der Waals surface area contributed by atoms with Gasteiger partial charge in [0, 0.05) is 22.6 Å². The van der Waals surface area contributed by atoms with Gasteiger partial charge in [-0.25, -0.2) is 0 Å². The fourth-order valence-corrected chi connectivity index (χ4v) is 2.21. The summed E-state index contributed by atoms with van der Waals surface area (Å²) >= 11 is 3.28. The van der Waals surface area contributed by atoms with Gasteiger partial charge in [0.2, 0.25) is 0 Å². The predicted molar refractivity (Wildman–Crippen MR) is 84.7 cm³/mol. The van der Waals surface area contributed by atoms with E-state index in [1.807, 2.05) is 0 Å². The van der Waals surface area contributed by atoms with E-state index in [0.717, 1.165) is 0 Å². The van der Waals surface area contributed by atoms with Crippen molar-refractivity contribution in [3.63, 3.8) is 0 Å². The van der Waals surface area contributed by atoms with Crippen molar-refractivity contribution in [3.8, 4) is 5.75 Å². The van der Waals surface area contributed by atoms with Crippen LogP contribution in [0.5, 0.6) is 5.75 Å². The van der Waals surface area contributed by atoms with Crippen molar-refractivity contribution in [3.05, 3.63) is 22.2 Å². The maximum atomic E-state index is 12.5. The summed E-state index contributed by atoms with van der Waals surface area (Å²) in [5.41, 5.74) is 5.51. The molecular formula is C15H20BrNO4. The zero-order chi connectivity index (χ0) is 16.2. The molecule has 0 radical (unpaired) electrons. The average Bonchev–Trinajstić information content (AvgIpc) is 2.42. The molecule has 1 aromatic rings. The van der Waals surface area contributed by atoms with Gasteiger partial charge in [-0.15, -0.1) is 0 Å². The third-order valence-corrected chi connectivity index (χ3v) is 4.23. The van der Waals surface area contributed by atoms with Gasteiger partial charge in [-0.05, 0) is 42.3 Å². The lowest BCUT2D eigenvalue weighted by atomic mass is 9.81. The minimum atomic E-state index is -1.09. The number of carboxylic acids is 1. The molecule has 6 heteroatoms. The van der Waals surface area contributed by atoms with Crippen LogP contribution in [0.3, 0.4) is 0 Å². The van der Waals surface area contributed by atoms with Crippen LogP contribution < -0.4 is 10.5 Å². The molecule has 5 nitrogen and oxygen atoms in total. The van der Waals surface area contributed by atoms with Crippen LogP contribution in [-0.4, -0.2) is 23.5 Å². The lowest BCUT2D eigenvalue weighted by Crippen LogP contribution is -2.29. The molecule has 21 heavy (non-hydrogen) atoms. The Morgan fingerprint density at radius 2 is 2.00 bits per heavy atom. The Morgan fingerprint density at radius 1 is 1.38 bits per heavy atom. The highest BCUT2D eigenvalue weighted by molar-refractivity contribution is 9.10. The van der Waals surface area contributed by atoms with Crippen molar-refractivity contribution in [2.75, 3.05) is 12.3 Å². The molecule has 116 valence electrons. The first kappa shape index (κ1) is 17.5. The number of hydrogen-bond donors (Lipinski definition) is 2. The van der Waals surface area contributed by atoms with Gasteiger partial charge in [-0.1, -0.05) is 6.92 Å². The first-order chi connectivity index (χ1) is 9.75. The number of nitrogen functional groups attached to an aromatic ring is 1. The van der Waals surface area contributed by atoms with E-state index in [-0.39, 0.29) is 12.2 Å². The monoisotopic (exact) mass is 357 g/mol. The minimum absolute atomic E-state index is 0.0880. The molecule has 0 aliphatic rings. The summed E-state index contributed by atoms with van der Waals surface area (Å²) in [5.74, 6) is -0.872. The van der Waals surface area contributed by atoms with E-state index < -0.39 is 11.4 Å². The van der Waals surface area contributed by atoms with Crippen LogP contribution in [0.2, 0.25) is 0 Å². The number of carbonyl (C=O) groups excluding carboxylic acids is 1. The summed E-state index contributed by atoms with van der Waals surface area (Å²) < 4.78 is 6.02. The van der Waals surface area contributed by atoms with Crippen LogP contribution in [-0.2, 0) is 4.79 Å². The fourth-order valence-electron chi connectivity index (χ4n) is 1.86. The number of rotatable bonds is 7. The molecule has 0 heterocycles. The third kappa shape index (κ3) is 3.97. The molecule has 0 fully saturated rings. The number of anilines is 1. The van der Waals surface area contributed by atoms with E-state index in [9.17, 15) is 14.7 Å². The quantitative estimate of drug-likeness (QED) is 0.575. The van der Waals surface area contributed by atoms with E-state index in [4.69, 9.17) is 10.5 Å². The maximum Gasteiger partial charge on any atom is 0.309 e. The van der Waals surface area contributed by atoms with Crippen LogP contribution in [0.4, 0.5) is 5.69 Å². The van der Waals surface area contributed by atoms with Gasteiger partial charge >= 0.3 is 5.97 Å². The first-order valence-corrected chi connectivity index (χ1v) is 7.52. The van der Waals surface area contributed by atoms with E-state index in [2.05, 4.69) is 15.9 Å². The van der Waals surface area contributed by atoms with E-state index >= 15 is 0 Å². The van der Waals surface area contributed by atoms with Crippen molar-refractivity contribution < 1.29 is 19.4 Å². The lowest BCUT2D eigenvalue weighted by Gasteiger charge is -2.22. The summed E-state index contributed by atoms with van der Waals surface area (Å²) in [5, 5.41) is 9.29. The van der Waals surface area contributed by atoms with Crippen molar-refractivity contribution in [2.24, 2.45) is 5.41 Å². The Labute approximate surface area is 132 Å². The molecule has 1 aromatic carbocycles. The maximum absolute atomic E-state index is 12.5. The Bertz CT molecular complexity index is 559. The Kier molecular flexibility index (Phi) is 5.78. The zero-order valence-corrected chi connectivity index (χ0v) is 14.0. The smallest absolute Gasteiger partial charge is 0.309 e. The summed E-state index contributed by atoms with van der Waals surface area (Å²) in [6.45, 7) is 5.52. The number of nitrogens with two attached hydrogens (primary N) is 1. The minimum Gasteiger partial charge on any atom is -0.493 e. The predicted octanol–water partition coefficient (Wildman–Crippen LogP) is 3.50. The van der Waals surface area contributed by atoms with Crippen LogP contribution in [0.1, 0.15) is 44.0 Å². The number of hydrogen-bond acceptors (Lipinski definition) is 4. The van der Waals surface area contributed by atoms with Crippen molar-refractivity contribution in [2.45, 2.75) is 33.6 Å². The highest BCUT2D eigenvalue weighted by Gasteiger charge is 2.34. The fraction of sp³-hybridized carbons (Fsp3) is 0.467. The van der Waals surface area contributed by atoms with Gasteiger partial charge in [-0.2, -0.15) is 0 Å². The lowest BCUT2D eigenvalue weighted by molar-refractivity contribution is -0.148. The van der Waals surface area contributed by atoms with Crippen LogP contribution in [0.25, 0.3) is 0 Å². The summed E-state index contributed by atoms with van der Waals surface area (Å²) in [7, 11) is 0. The molecule has 0 amide bonds. The molecular weight excluding hydrogens is 338 g/mol. The van der Waals surface area contributed by atoms with Crippen LogP contribution in [0, 0.1) is 5.41 Å². The number of carboxylic acid groups (broad SMARTS) is 1. The highest BCUT2D eigenvalue weighted by atomic mass is 79.9. The molecule has 1 atom stereocenters. The Hall–Kier alpha value is -1.56. The number of halogens is 1. The number of carbonyl (C=O) groups is 2. The van der Waals surface area contributed by atoms with Gasteiger partial charge in [-0.3, -0.25) is 9.59 Å². The standard InChI is InChI=1S/C15H20BrNO4/c1-4-15(3,14(19)20)8-12(18)9-6-10(16)11(17)7-13(9)21-5-2/h6-7H,4-5,8,17H2,1-3H3,(H,19,20)/t15-/m1/s1. The van der Waals surface area contributed by atoms with Crippen molar-refractivity contribution in [1.82, 2.24) is 0 Å². The molecule has 0 unspecified atom stereocenters. The van der Waals surface area contributed by atoms with Crippen LogP contribution in [0.15, 0.2) is 16.6 Å². The Morgan fingerprint density at radius 3 is 2.48 bits per heavy atom. The van der Waals surface area contributed by atoms with Gasteiger partial charge in [0.15, 0.2) is 5.78 Å². The van der Waals surface area contributed by atoms with E-state index in [1.54, 1.807) is 32.9 Å². The van der Waals surface area contributed by atoms with Gasteiger partial charge < -0.3 is 15.6 Å². The topological polar surface area (TPSA) is 89.6 Å². The van der Waals surface area contributed by atoms with E-state index in [1.165, 1.54) is 0 Å². The van der Waals surface area contributed by atoms with Crippen LogP contribution >= 0.6 is 15.9 Å². The second-order valence-electron chi connectivity index (χ2n) is 5.12. The molecule has 0 saturated heterocycles. The molecule has 0 saturated carbocycles.